The van der Waals surface area contributed by atoms with Gasteiger partial charge < -0.3 is 9.90 Å². The van der Waals surface area contributed by atoms with E-state index in [1.54, 1.807) is 0 Å². The average Bonchev–Trinajstić information content (AvgIpc) is 3.12. The van der Waals surface area contributed by atoms with Crippen molar-refractivity contribution in [1.29, 1.82) is 0 Å². The predicted octanol–water partition coefficient (Wildman–Crippen LogP) is 7.89. The highest BCUT2D eigenvalue weighted by molar-refractivity contribution is 5.62. The number of fused-ring (bicyclic) bond motifs is 7. The Morgan fingerprint density at radius 3 is 2.34 bits per heavy atom. The van der Waals surface area contributed by atoms with Crippen molar-refractivity contribution in [3.05, 3.63) is 24.0 Å². The molecule has 0 aliphatic heterocycles. The highest BCUT2D eigenvalue weighted by Gasteiger charge is 2.70. The smallest absolute Gasteiger partial charge is 0.126 e. The molecule has 0 saturated heterocycles. The summed E-state index contributed by atoms with van der Waals surface area (Å²) in [5.74, 6) is 3.49. The first-order chi connectivity index (χ1) is 14.9. The number of rotatable bonds is 2. The van der Waals surface area contributed by atoms with Crippen LogP contribution in [0.4, 0.5) is 0 Å². The van der Waals surface area contributed by atoms with Crippen LogP contribution >= 0.6 is 0 Å². The molecule has 0 amide bonds. The maximum atomic E-state index is 12.6. The summed E-state index contributed by atoms with van der Waals surface area (Å²) in [5, 5.41) is 10.7. The molecular formula is C30H46O2. The Bertz CT molecular complexity index is 868. The van der Waals surface area contributed by atoms with Crippen molar-refractivity contribution in [2.45, 2.75) is 99.3 Å². The van der Waals surface area contributed by atoms with Crippen LogP contribution in [0, 0.1) is 56.7 Å². The van der Waals surface area contributed by atoms with Gasteiger partial charge in [0.1, 0.15) is 6.29 Å². The normalized spacial score (nSPS) is 53.8. The summed E-state index contributed by atoms with van der Waals surface area (Å²) >= 11 is 0. The molecule has 0 heterocycles. The first-order valence-corrected chi connectivity index (χ1v) is 13.4. The maximum absolute atomic E-state index is 12.6. The summed E-state index contributed by atoms with van der Waals surface area (Å²) < 4.78 is 0. The van der Waals surface area contributed by atoms with Crippen LogP contribution in [0.15, 0.2) is 24.0 Å². The van der Waals surface area contributed by atoms with Gasteiger partial charge in [-0.3, -0.25) is 0 Å². The second-order valence-corrected chi connectivity index (χ2v) is 14.1. The highest BCUT2D eigenvalue weighted by Crippen LogP contribution is 2.77. The average molecular weight is 439 g/mol. The fraction of sp³-hybridized carbons (Fsp3) is 0.833. The molecule has 2 nitrogen and oxygen atoms in total. The minimum Gasteiger partial charge on any atom is -0.512 e. The lowest BCUT2D eigenvalue weighted by Crippen LogP contribution is -2.65. The van der Waals surface area contributed by atoms with E-state index in [0.717, 1.165) is 25.7 Å². The quantitative estimate of drug-likeness (QED) is 0.351. The van der Waals surface area contributed by atoms with Crippen molar-refractivity contribution >= 4 is 6.29 Å². The first-order valence-electron chi connectivity index (χ1n) is 13.4. The fourth-order valence-electron chi connectivity index (χ4n) is 11.0. The van der Waals surface area contributed by atoms with Crippen molar-refractivity contribution in [2.75, 3.05) is 0 Å². The number of allylic oxidation sites excluding steroid dienone is 3. The van der Waals surface area contributed by atoms with E-state index in [1.807, 2.05) is 0 Å². The van der Waals surface area contributed by atoms with E-state index in [4.69, 9.17) is 0 Å². The van der Waals surface area contributed by atoms with Gasteiger partial charge in [0.2, 0.25) is 0 Å². The zero-order valence-electron chi connectivity index (χ0n) is 21.5. The summed E-state index contributed by atoms with van der Waals surface area (Å²) in [6, 6.07) is 0. The van der Waals surface area contributed by atoms with E-state index < -0.39 is 0 Å². The largest absolute Gasteiger partial charge is 0.512 e. The van der Waals surface area contributed by atoms with Crippen molar-refractivity contribution in [1.82, 2.24) is 0 Å². The molecule has 9 atom stereocenters. The minimum atomic E-state index is -0.123. The van der Waals surface area contributed by atoms with Crippen LogP contribution < -0.4 is 0 Å². The Kier molecular flexibility index (Phi) is 4.80. The lowest BCUT2D eigenvalue weighted by atomic mass is 9.33. The van der Waals surface area contributed by atoms with E-state index in [0.29, 0.717) is 40.8 Å². The number of hydrogen-bond donors (Lipinski definition) is 1. The van der Waals surface area contributed by atoms with Gasteiger partial charge in [-0.25, -0.2) is 0 Å². The molecule has 2 heteroatoms. The topological polar surface area (TPSA) is 37.3 Å². The number of carbonyl (C=O) groups excluding carboxylic acids is 1. The Hall–Kier alpha value is -1.05. The van der Waals surface area contributed by atoms with E-state index >= 15 is 0 Å². The third-order valence-electron chi connectivity index (χ3n) is 12.9. The molecule has 5 aliphatic rings. The van der Waals surface area contributed by atoms with Crippen LogP contribution in [-0.2, 0) is 4.79 Å². The van der Waals surface area contributed by atoms with Crippen molar-refractivity contribution < 1.29 is 9.90 Å². The van der Waals surface area contributed by atoms with E-state index in [1.165, 1.54) is 44.0 Å². The molecule has 0 aromatic carbocycles. The molecule has 4 saturated carbocycles. The molecular weight excluding hydrogens is 392 g/mol. The van der Waals surface area contributed by atoms with Crippen LogP contribution in [-0.4, -0.2) is 11.4 Å². The zero-order valence-corrected chi connectivity index (χ0v) is 21.5. The number of hydrogen-bond acceptors (Lipinski definition) is 2. The molecule has 5 rings (SSSR count). The summed E-state index contributed by atoms with van der Waals surface area (Å²) in [6.45, 7) is 19.0. The lowest BCUT2D eigenvalue weighted by Gasteiger charge is -2.72. The Morgan fingerprint density at radius 1 is 0.969 bits per heavy atom. The summed E-state index contributed by atoms with van der Waals surface area (Å²) in [4.78, 5) is 12.6. The number of aliphatic hydroxyl groups excluding tert-OH is 1. The third-order valence-corrected chi connectivity index (χ3v) is 12.9. The molecule has 5 aliphatic carbocycles. The van der Waals surface area contributed by atoms with Gasteiger partial charge >= 0.3 is 0 Å². The van der Waals surface area contributed by atoms with Gasteiger partial charge in [0, 0.05) is 10.8 Å². The Morgan fingerprint density at radius 2 is 1.69 bits per heavy atom. The minimum absolute atomic E-state index is 0.0978. The second-order valence-electron chi connectivity index (χ2n) is 14.1. The highest BCUT2D eigenvalue weighted by atomic mass is 16.3. The van der Waals surface area contributed by atoms with Crippen molar-refractivity contribution in [2.24, 2.45) is 56.7 Å². The predicted molar refractivity (Wildman–Crippen MR) is 131 cm³/mol. The van der Waals surface area contributed by atoms with E-state index in [9.17, 15) is 9.90 Å². The molecule has 1 N–H and O–H groups in total. The Balaban J connectivity index is 1.57. The second kappa shape index (κ2) is 6.76. The van der Waals surface area contributed by atoms with Crippen LogP contribution in [0.1, 0.15) is 99.3 Å². The SMILES string of the molecule is C=C(C)[C@@H]1CC[C@]2(C=O)CC[C@]3(C)[C@H](CC[C@@H]4[C@@]5(C)CC=C(O)C(C)(C)[C@@H]5CC[C@]43C)[C@@H]12. The van der Waals surface area contributed by atoms with E-state index in [-0.39, 0.29) is 21.7 Å². The number of carbonyl (C=O) groups is 1. The zero-order chi connectivity index (χ0) is 23.3. The van der Waals surface area contributed by atoms with Gasteiger partial charge in [0.05, 0.1) is 5.76 Å². The van der Waals surface area contributed by atoms with Gasteiger partial charge in [0.25, 0.3) is 0 Å². The number of aldehydes is 1. The lowest BCUT2D eigenvalue weighted by molar-refractivity contribution is -0.226. The summed E-state index contributed by atoms with van der Waals surface area (Å²) in [6.07, 6.45) is 14.1. The van der Waals surface area contributed by atoms with Crippen LogP contribution in [0.3, 0.4) is 0 Å². The van der Waals surface area contributed by atoms with Gasteiger partial charge in [-0.2, -0.15) is 0 Å². The fourth-order valence-corrected chi connectivity index (χ4v) is 11.0. The molecule has 0 unspecified atom stereocenters. The maximum Gasteiger partial charge on any atom is 0.126 e. The molecule has 0 radical (unpaired) electrons. The van der Waals surface area contributed by atoms with Crippen LogP contribution in [0.5, 0.6) is 0 Å². The van der Waals surface area contributed by atoms with Gasteiger partial charge in [-0.05, 0) is 117 Å². The van der Waals surface area contributed by atoms with Crippen molar-refractivity contribution in [3.8, 4) is 0 Å². The van der Waals surface area contributed by atoms with Gasteiger partial charge in [-0.15, -0.1) is 0 Å². The standard InChI is InChI=1S/C30H46O2/c1-19(2)20-10-15-30(18-31)17-16-28(6)21(25(20)30)8-9-23-27(5)13-12-24(32)26(3,4)22(27)11-14-29(23,28)7/h12,18,20-23,25,32H,1,8-11,13-17H2,2-7H3/t20-,21+,22-,23+,25+,27-,28+,29+,30+/m0/s1. The Labute approximate surface area is 196 Å². The molecule has 32 heavy (non-hydrogen) atoms. The van der Waals surface area contributed by atoms with Crippen LogP contribution in [0.25, 0.3) is 0 Å². The molecule has 0 bridgehead atoms. The molecule has 0 spiro atoms. The molecule has 0 aromatic rings. The number of aliphatic hydroxyl groups is 1. The first kappa shape index (κ1) is 22.7. The molecule has 178 valence electrons. The molecule has 0 aromatic heterocycles. The van der Waals surface area contributed by atoms with Crippen LogP contribution in [0.2, 0.25) is 0 Å². The summed E-state index contributed by atoms with van der Waals surface area (Å²) in [5.41, 5.74) is 1.92. The molecule has 4 fully saturated rings. The summed E-state index contributed by atoms with van der Waals surface area (Å²) in [7, 11) is 0. The van der Waals surface area contributed by atoms with E-state index in [2.05, 4.69) is 54.2 Å². The van der Waals surface area contributed by atoms with Crippen molar-refractivity contribution in [3.63, 3.8) is 0 Å². The van der Waals surface area contributed by atoms with Gasteiger partial charge in [-0.1, -0.05) is 46.8 Å². The third kappa shape index (κ3) is 2.51. The van der Waals surface area contributed by atoms with Gasteiger partial charge in [0.15, 0.2) is 0 Å². The monoisotopic (exact) mass is 438 g/mol.